The normalized spacial score (nSPS) is 11.7. The van der Waals surface area contributed by atoms with Gasteiger partial charge in [0.15, 0.2) is 0 Å². The summed E-state index contributed by atoms with van der Waals surface area (Å²) in [6.45, 7) is 4.43. The molecule has 3 rings (SSSR count). The third-order valence-electron chi connectivity index (χ3n) is 4.01. The molecule has 2 heterocycles. The number of pyridine rings is 1. The number of benzene rings is 1. The Kier molecular flexibility index (Phi) is 7.04. The maximum absolute atomic E-state index is 12.4. The highest BCUT2D eigenvalue weighted by Crippen LogP contribution is 2.24. The summed E-state index contributed by atoms with van der Waals surface area (Å²) in [6, 6.07) is 12.4. The number of nitrogens with zero attached hydrogens (tertiary/aromatic N) is 3. The maximum atomic E-state index is 12.4. The Morgan fingerprint density at radius 2 is 1.93 bits per heavy atom. The molecule has 0 aliphatic rings. The number of rotatable bonds is 6. The Morgan fingerprint density at radius 1 is 1.19 bits per heavy atom. The lowest BCUT2D eigenvalue weighted by atomic mass is 10.0. The van der Waals surface area contributed by atoms with Crippen LogP contribution in [0.1, 0.15) is 41.8 Å². The van der Waals surface area contributed by atoms with Gasteiger partial charge in [-0.3, -0.25) is 9.78 Å². The lowest BCUT2D eigenvalue weighted by Crippen LogP contribution is -2.32. The zero-order valence-corrected chi connectivity index (χ0v) is 15.9. The van der Waals surface area contributed by atoms with Gasteiger partial charge in [-0.25, -0.2) is 0 Å². The van der Waals surface area contributed by atoms with Crippen molar-refractivity contribution in [3.63, 3.8) is 0 Å². The van der Waals surface area contributed by atoms with Crippen molar-refractivity contribution < 1.29 is 9.32 Å². The van der Waals surface area contributed by atoms with Gasteiger partial charge in [-0.15, -0.1) is 12.4 Å². The minimum absolute atomic E-state index is 0. The predicted octanol–water partition coefficient (Wildman–Crippen LogP) is 3.14. The first kappa shape index (κ1) is 20.5. The first-order valence-electron chi connectivity index (χ1n) is 8.43. The first-order chi connectivity index (χ1) is 12.6. The zero-order chi connectivity index (χ0) is 18.5. The van der Waals surface area contributed by atoms with Gasteiger partial charge in [0.25, 0.3) is 5.91 Å². The molecule has 1 amide bonds. The monoisotopic (exact) mass is 387 g/mol. The molecule has 1 unspecified atom stereocenters. The molecule has 8 heteroatoms. The predicted molar refractivity (Wildman–Crippen MR) is 104 cm³/mol. The zero-order valence-electron chi connectivity index (χ0n) is 15.1. The molecule has 1 aromatic carbocycles. The van der Waals surface area contributed by atoms with Crippen molar-refractivity contribution in [1.29, 1.82) is 0 Å². The van der Waals surface area contributed by atoms with Crippen LogP contribution in [0.3, 0.4) is 0 Å². The fraction of sp³-hybridized carbons (Fsp3) is 0.263. The van der Waals surface area contributed by atoms with Crippen LogP contribution in [0.2, 0.25) is 0 Å². The Morgan fingerprint density at radius 3 is 2.52 bits per heavy atom. The lowest BCUT2D eigenvalue weighted by Gasteiger charge is -2.18. The summed E-state index contributed by atoms with van der Waals surface area (Å²) in [7, 11) is 0. The molecule has 0 spiro atoms. The molecule has 0 saturated carbocycles. The smallest absolute Gasteiger partial charge is 0.270 e. The fourth-order valence-corrected chi connectivity index (χ4v) is 2.49. The third kappa shape index (κ3) is 4.90. The number of nitrogens with two attached hydrogens (primary N) is 1. The molecule has 3 aromatic rings. The van der Waals surface area contributed by atoms with Gasteiger partial charge in [0, 0.05) is 18.3 Å². The van der Waals surface area contributed by atoms with Gasteiger partial charge in [0.2, 0.25) is 11.7 Å². The molecular weight excluding hydrogens is 366 g/mol. The summed E-state index contributed by atoms with van der Waals surface area (Å²) in [5.41, 5.74) is 7.82. The molecule has 3 N–H and O–H groups in total. The van der Waals surface area contributed by atoms with Crippen LogP contribution in [0.25, 0.3) is 11.4 Å². The molecule has 0 saturated heterocycles. The number of amides is 1. The maximum Gasteiger partial charge on any atom is 0.270 e. The summed E-state index contributed by atoms with van der Waals surface area (Å²) in [5.74, 6) is 0.621. The number of carbonyl (C=O) groups excluding carboxylic acids is 1. The minimum atomic E-state index is -0.408. The van der Waals surface area contributed by atoms with E-state index in [0.29, 0.717) is 24.0 Å². The second-order valence-electron chi connectivity index (χ2n) is 6.27. The molecule has 0 aliphatic heterocycles. The van der Waals surface area contributed by atoms with Gasteiger partial charge < -0.3 is 15.6 Å². The van der Waals surface area contributed by atoms with Gasteiger partial charge in [0.05, 0.1) is 0 Å². The molecule has 0 fully saturated rings. The van der Waals surface area contributed by atoms with Crippen LogP contribution in [0.4, 0.5) is 0 Å². The summed E-state index contributed by atoms with van der Waals surface area (Å²) in [5, 5.41) is 6.96. The lowest BCUT2D eigenvalue weighted by molar-refractivity contribution is 0.0909. The van der Waals surface area contributed by atoms with Gasteiger partial charge in [-0.1, -0.05) is 49.3 Å². The number of carbonyl (C=O) groups is 1. The molecule has 2 aromatic heterocycles. The van der Waals surface area contributed by atoms with E-state index in [1.54, 1.807) is 24.4 Å². The van der Waals surface area contributed by atoms with Gasteiger partial charge >= 0.3 is 0 Å². The molecule has 142 valence electrons. The van der Waals surface area contributed by atoms with E-state index in [1.807, 2.05) is 38.1 Å². The molecule has 7 nitrogen and oxygen atoms in total. The quantitative estimate of drug-likeness (QED) is 0.672. The van der Waals surface area contributed by atoms with Crippen LogP contribution in [-0.2, 0) is 6.54 Å². The summed E-state index contributed by atoms with van der Waals surface area (Å²) < 4.78 is 5.41. The van der Waals surface area contributed by atoms with Crippen LogP contribution in [0.15, 0.2) is 53.2 Å². The van der Waals surface area contributed by atoms with Crippen molar-refractivity contribution in [2.24, 2.45) is 11.7 Å². The van der Waals surface area contributed by atoms with Gasteiger partial charge in [-0.2, -0.15) is 4.98 Å². The highest BCUT2D eigenvalue weighted by molar-refractivity contribution is 5.92. The third-order valence-corrected chi connectivity index (χ3v) is 4.01. The van der Waals surface area contributed by atoms with E-state index in [2.05, 4.69) is 20.4 Å². The van der Waals surface area contributed by atoms with E-state index in [-0.39, 0.29) is 24.2 Å². The number of nitrogens with one attached hydrogen (secondary N) is 1. The molecule has 0 bridgehead atoms. The van der Waals surface area contributed by atoms with Crippen molar-refractivity contribution >= 4 is 18.3 Å². The number of aromatic nitrogens is 3. The highest BCUT2D eigenvalue weighted by atomic mass is 35.5. The van der Waals surface area contributed by atoms with E-state index in [4.69, 9.17) is 10.3 Å². The molecular formula is C19H22ClN5O2. The summed E-state index contributed by atoms with van der Waals surface area (Å²) in [4.78, 5) is 20.9. The SMILES string of the molecule is CC(C)C(NC(=O)c1ccccn1)c1nc(-c2ccc(CN)cc2)no1.Cl. The van der Waals surface area contributed by atoms with Crippen molar-refractivity contribution in [2.75, 3.05) is 0 Å². The summed E-state index contributed by atoms with van der Waals surface area (Å²) >= 11 is 0. The van der Waals surface area contributed by atoms with Crippen LogP contribution >= 0.6 is 12.4 Å². The van der Waals surface area contributed by atoms with Crippen LogP contribution < -0.4 is 11.1 Å². The number of halogens is 1. The Bertz CT molecular complexity index is 865. The van der Waals surface area contributed by atoms with Crippen molar-refractivity contribution in [3.8, 4) is 11.4 Å². The Labute approximate surface area is 163 Å². The van der Waals surface area contributed by atoms with E-state index >= 15 is 0 Å². The van der Waals surface area contributed by atoms with E-state index < -0.39 is 6.04 Å². The molecule has 0 aliphatic carbocycles. The molecule has 27 heavy (non-hydrogen) atoms. The van der Waals surface area contributed by atoms with Crippen molar-refractivity contribution in [2.45, 2.75) is 26.4 Å². The van der Waals surface area contributed by atoms with Gasteiger partial charge in [0.1, 0.15) is 11.7 Å². The first-order valence-corrected chi connectivity index (χ1v) is 8.43. The van der Waals surface area contributed by atoms with E-state index in [1.165, 1.54) is 0 Å². The molecule has 1 atom stereocenters. The van der Waals surface area contributed by atoms with Gasteiger partial charge in [-0.05, 0) is 23.6 Å². The van der Waals surface area contributed by atoms with Crippen LogP contribution in [-0.4, -0.2) is 21.0 Å². The van der Waals surface area contributed by atoms with Crippen molar-refractivity contribution in [3.05, 3.63) is 65.8 Å². The number of hydrogen-bond donors (Lipinski definition) is 2. The molecule has 0 radical (unpaired) electrons. The number of hydrogen-bond acceptors (Lipinski definition) is 6. The highest BCUT2D eigenvalue weighted by Gasteiger charge is 2.25. The van der Waals surface area contributed by atoms with Crippen LogP contribution in [0, 0.1) is 5.92 Å². The fourth-order valence-electron chi connectivity index (χ4n) is 2.49. The standard InChI is InChI=1S/C19H21N5O2.ClH/c1-12(2)16(22-18(25)15-5-3-4-10-21-15)19-23-17(24-26-19)14-8-6-13(11-20)7-9-14;/h3-10,12,16H,11,20H2,1-2H3,(H,22,25);1H. The largest absolute Gasteiger partial charge is 0.339 e. The second kappa shape index (κ2) is 9.25. The Balaban J connectivity index is 0.00000261. The van der Waals surface area contributed by atoms with E-state index in [0.717, 1.165) is 11.1 Å². The topological polar surface area (TPSA) is 107 Å². The van der Waals surface area contributed by atoms with E-state index in [9.17, 15) is 4.79 Å². The minimum Gasteiger partial charge on any atom is -0.339 e. The van der Waals surface area contributed by atoms with Crippen molar-refractivity contribution in [1.82, 2.24) is 20.4 Å². The average molecular weight is 388 g/mol. The summed E-state index contributed by atoms with van der Waals surface area (Å²) in [6.07, 6.45) is 1.58. The average Bonchev–Trinajstić information content (AvgIpc) is 3.16. The van der Waals surface area contributed by atoms with Crippen LogP contribution in [0.5, 0.6) is 0 Å². The second-order valence-corrected chi connectivity index (χ2v) is 6.27. The Hall–Kier alpha value is -2.77.